The maximum Gasteiger partial charge on any atom is 0.165 e. The molecule has 1 aliphatic rings. The lowest BCUT2D eigenvalue weighted by Crippen LogP contribution is -2.44. The molecule has 0 spiro atoms. The predicted octanol–water partition coefficient (Wildman–Crippen LogP) is 2.84. The van der Waals surface area contributed by atoms with Crippen molar-refractivity contribution in [1.29, 1.82) is 0 Å². The van der Waals surface area contributed by atoms with E-state index in [1.807, 2.05) is 6.07 Å². The Morgan fingerprint density at radius 2 is 2.18 bits per heavy atom. The lowest BCUT2D eigenvalue weighted by Gasteiger charge is -2.32. The largest absolute Gasteiger partial charge is 0.488 e. The van der Waals surface area contributed by atoms with Gasteiger partial charge in [0.05, 0.1) is 19.1 Å². The number of hydrogen-bond acceptors (Lipinski definition) is 4. The van der Waals surface area contributed by atoms with Crippen LogP contribution in [0.2, 0.25) is 0 Å². The first kappa shape index (κ1) is 15.0. The van der Waals surface area contributed by atoms with Crippen LogP contribution in [0.5, 0.6) is 5.75 Å². The van der Waals surface area contributed by atoms with Crippen LogP contribution in [0.25, 0.3) is 0 Å². The Balaban J connectivity index is 1.53. The Morgan fingerprint density at radius 1 is 1.27 bits per heavy atom. The Labute approximate surface area is 127 Å². The van der Waals surface area contributed by atoms with E-state index in [4.69, 9.17) is 13.9 Å². The third kappa shape index (κ3) is 3.84. The molecule has 0 radical (unpaired) electrons. The zero-order chi connectivity index (χ0) is 15.4. The van der Waals surface area contributed by atoms with Crippen LogP contribution in [0.15, 0.2) is 41.2 Å². The fourth-order valence-electron chi connectivity index (χ4n) is 2.44. The van der Waals surface area contributed by atoms with Gasteiger partial charge in [-0.2, -0.15) is 0 Å². The SMILES string of the molecule is Fc1ccc(F)c(OCC2CN(Cc3ccoc3)CCO2)c1. The van der Waals surface area contributed by atoms with Crippen molar-refractivity contribution >= 4 is 0 Å². The zero-order valence-corrected chi connectivity index (χ0v) is 12.0. The lowest BCUT2D eigenvalue weighted by molar-refractivity contribution is -0.0509. The van der Waals surface area contributed by atoms with Gasteiger partial charge in [0.1, 0.15) is 18.5 Å². The highest BCUT2D eigenvalue weighted by molar-refractivity contribution is 5.24. The van der Waals surface area contributed by atoms with Gasteiger partial charge >= 0.3 is 0 Å². The normalized spacial score (nSPS) is 19.3. The van der Waals surface area contributed by atoms with Crippen molar-refractivity contribution in [2.24, 2.45) is 0 Å². The molecule has 0 N–H and O–H groups in total. The molecule has 0 amide bonds. The van der Waals surface area contributed by atoms with Crippen molar-refractivity contribution < 1.29 is 22.7 Å². The third-order valence-electron chi connectivity index (χ3n) is 3.53. The number of benzene rings is 1. The monoisotopic (exact) mass is 309 g/mol. The zero-order valence-electron chi connectivity index (χ0n) is 12.0. The molecule has 1 aromatic heterocycles. The smallest absolute Gasteiger partial charge is 0.165 e. The molecule has 3 rings (SSSR count). The average molecular weight is 309 g/mol. The topological polar surface area (TPSA) is 34.8 Å². The summed E-state index contributed by atoms with van der Waals surface area (Å²) in [4.78, 5) is 2.21. The fourth-order valence-corrected chi connectivity index (χ4v) is 2.44. The molecule has 2 aromatic rings. The second-order valence-corrected chi connectivity index (χ2v) is 5.25. The summed E-state index contributed by atoms with van der Waals surface area (Å²) in [5.41, 5.74) is 1.10. The number of morpholine rings is 1. The van der Waals surface area contributed by atoms with Crippen molar-refractivity contribution in [3.63, 3.8) is 0 Å². The summed E-state index contributed by atoms with van der Waals surface area (Å²) in [6.45, 7) is 3.02. The molecule has 22 heavy (non-hydrogen) atoms. The molecule has 1 aliphatic heterocycles. The van der Waals surface area contributed by atoms with Gasteiger partial charge in [0.2, 0.25) is 0 Å². The Hall–Kier alpha value is -1.92. The van der Waals surface area contributed by atoms with E-state index in [-0.39, 0.29) is 18.5 Å². The first-order chi connectivity index (χ1) is 10.7. The van der Waals surface area contributed by atoms with Gasteiger partial charge in [-0.15, -0.1) is 0 Å². The van der Waals surface area contributed by atoms with E-state index in [0.717, 1.165) is 36.9 Å². The minimum absolute atomic E-state index is 0.0874. The average Bonchev–Trinajstić information content (AvgIpc) is 3.01. The minimum atomic E-state index is -0.576. The van der Waals surface area contributed by atoms with Gasteiger partial charge in [-0.3, -0.25) is 4.90 Å². The standard InChI is InChI=1S/C16H17F2NO3/c17-13-1-2-15(18)16(7-13)22-11-14-9-19(4-6-21-14)8-12-3-5-20-10-12/h1-3,5,7,10,14H,4,6,8-9,11H2. The summed E-state index contributed by atoms with van der Waals surface area (Å²) in [6.07, 6.45) is 3.18. The molecule has 1 fully saturated rings. The molecular formula is C16H17F2NO3. The first-order valence-corrected chi connectivity index (χ1v) is 7.13. The van der Waals surface area contributed by atoms with Crippen LogP contribution >= 0.6 is 0 Å². The highest BCUT2D eigenvalue weighted by atomic mass is 19.1. The predicted molar refractivity (Wildman–Crippen MR) is 75.6 cm³/mol. The Bertz CT molecular complexity index is 603. The molecule has 1 atom stereocenters. The molecular weight excluding hydrogens is 292 g/mol. The maximum atomic E-state index is 13.5. The van der Waals surface area contributed by atoms with Gasteiger partial charge < -0.3 is 13.9 Å². The molecule has 6 heteroatoms. The second kappa shape index (κ2) is 6.89. The molecule has 0 aliphatic carbocycles. The third-order valence-corrected chi connectivity index (χ3v) is 3.53. The van der Waals surface area contributed by atoms with E-state index in [2.05, 4.69) is 4.90 Å². The van der Waals surface area contributed by atoms with Gasteiger partial charge in [0, 0.05) is 31.3 Å². The lowest BCUT2D eigenvalue weighted by atomic mass is 10.2. The van der Waals surface area contributed by atoms with E-state index in [1.54, 1.807) is 12.5 Å². The van der Waals surface area contributed by atoms with Gasteiger partial charge in [0.15, 0.2) is 11.6 Å². The van der Waals surface area contributed by atoms with E-state index in [1.165, 1.54) is 0 Å². The number of rotatable bonds is 5. The summed E-state index contributed by atoms with van der Waals surface area (Å²) < 4.78 is 42.6. The van der Waals surface area contributed by atoms with Crippen molar-refractivity contribution in [2.45, 2.75) is 12.6 Å². The van der Waals surface area contributed by atoms with Crippen molar-refractivity contribution in [3.8, 4) is 5.75 Å². The van der Waals surface area contributed by atoms with Crippen LogP contribution in [0.1, 0.15) is 5.56 Å². The van der Waals surface area contributed by atoms with Crippen LogP contribution in [0, 0.1) is 11.6 Å². The Morgan fingerprint density at radius 3 is 3.00 bits per heavy atom. The number of hydrogen-bond donors (Lipinski definition) is 0. The van der Waals surface area contributed by atoms with Gasteiger partial charge in [-0.1, -0.05) is 0 Å². The first-order valence-electron chi connectivity index (χ1n) is 7.13. The molecule has 0 saturated carbocycles. The summed E-state index contributed by atoms with van der Waals surface area (Å²) in [5, 5.41) is 0. The molecule has 1 unspecified atom stereocenters. The minimum Gasteiger partial charge on any atom is -0.488 e. The molecule has 1 saturated heterocycles. The van der Waals surface area contributed by atoms with E-state index in [9.17, 15) is 8.78 Å². The van der Waals surface area contributed by atoms with E-state index < -0.39 is 11.6 Å². The van der Waals surface area contributed by atoms with Gasteiger partial charge in [-0.25, -0.2) is 8.78 Å². The fraction of sp³-hybridized carbons (Fsp3) is 0.375. The summed E-state index contributed by atoms with van der Waals surface area (Å²) >= 11 is 0. The van der Waals surface area contributed by atoms with Crippen molar-refractivity contribution in [2.75, 3.05) is 26.3 Å². The Kier molecular flexibility index (Phi) is 4.70. The molecule has 4 nitrogen and oxygen atoms in total. The number of nitrogens with zero attached hydrogens (tertiary/aromatic N) is 1. The van der Waals surface area contributed by atoms with Crippen LogP contribution in [0.4, 0.5) is 8.78 Å². The van der Waals surface area contributed by atoms with Crippen LogP contribution in [-0.2, 0) is 11.3 Å². The number of ether oxygens (including phenoxy) is 2. The molecule has 118 valence electrons. The molecule has 1 aromatic carbocycles. The van der Waals surface area contributed by atoms with Crippen LogP contribution in [0.3, 0.4) is 0 Å². The summed E-state index contributed by atoms with van der Waals surface area (Å²) in [7, 11) is 0. The van der Waals surface area contributed by atoms with E-state index >= 15 is 0 Å². The van der Waals surface area contributed by atoms with Gasteiger partial charge in [-0.05, 0) is 18.2 Å². The summed E-state index contributed by atoms with van der Waals surface area (Å²) in [5.74, 6) is -1.19. The summed E-state index contributed by atoms with van der Waals surface area (Å²) in [6, 6.07) is 5.08. The molecule has 0 bridgehead atoms. The highest BCUT2D eigenvalue weighted by Gasteiger charge is 2.22. The van der Waals surface area contributed by atoms with Crippen LogP contribution in [-0.4, -0.2) is 37.3 Å². The van der Waals surface area contributed by atoms with Crippen molar-refractivity contribution in [3.05, 3.63) is 54.0 Å². The quantitative estimate of drug-likeness (QED) is 0.851. The van der Waals surface area contributed by atoms with Crippen LogP contribution < -0.4 is 4.74 Å². The second-order valence-electron chi connectivity index (χ2n) is 5.25. The van der Waals surface area contributed by atoms with Crippen molar-refractivity contribution in [1.82, 2.24) is 4.90 Å². The maximum absolute atomic E-state index is 13.5. The number of furan rings is 1. The highest BCUT2D eigenvalue weighted by Crippen LogP contribution is 2.19. The number of halogens is 2. The molecule has 2 heterocycles. The van der Waals surface area contributed by atoms with E-state index in [0.29, 0.717) is 13.2 Å². The van der Waals surface area contributed by atoms with Gasteiger partial charge in [0.25, 0.3) is 0 Å².